The number of halogens is 3. The summed E-state index contributed by atoms with van der Waals surface area (Å²) in [5.41, 5.74) is -0.320. The largest absolute Gasteiger partial charge is 0.488 e. The molecular weight excluding hydrogens is 469 g/mol. The van der Waals surface area contributed by atoms with E-state index in [0.717, 1.165) is 11.3 Å². The fraction of sp³-hybridized carbons (Fsp3) is 0.545. The summed E-state index contributed by atoms with van der Waals surface area (Å²) in [5, 5.41) is 3.03. The Kier molecular flexibility index (Phi) is 5.13. The predicted octanol–water partition coefficient (Wildman–Crippen LogP) is 1.44. The summed E-state index contributed by atoms with van der Waals surface area (Å²) in [6.07, 6.45) is -2.85. The Morgan fingerprint density at radius 1 is 1.29 bits per heavy atom. The van der Waals surface area contributed by atoms with Gasteiger partial charge in [-0.2, -0.15) is 18.2 Å². The third-order valence-electron chi connectivity index (χ3n) is 6.95. The van der Waals surface area contributed by atoms with Gasteiger partial charge in [0.1, 0.15) is 18.5 Å². The average Bonchev–Trinajstić information content (AvgIpc) is 3.47. The van der Waals surface area contributed by atoms with Gasteiger partial charge in [-0.1, -0.05) is 0 Å². The number of Topliss-reactive ketones (excluding diaryl/α,β-unsaturated/α-hetero) is 1. The molecular formula is C22H23F3N6O4. The van der Waals surface area contributed by atoms with E-state index < -0.39 is 30.1 Å². The number of hydrogen-bond donors (Lipinski definition) is 1. The molecule has 4 aliphatic heterocycles. The van der Waals surface area contributed by atoms with Gasteiger partial charge in [0.2, 0.25) is 5.95 Å². The Balaban J connectivity index is 1.36. The van der Waals surface area contributed by atoms with Crippen LogP contribution in [0.4, 0.5) is 30.8 Å². The summed E-state index contributed by atoms with van der Waals surface area (Å²) >= 11 is 0. The number of carbonyl (C=O) groups is 1. The van der Waals surface area contributed by atoms with E-state index in [-0.39, 0.29) is 36.6 Å². The molecule has 0 aromatic carbocycles. The van der Waals surface area contributed by atoms with Crippen molar-refractivity contribution in [2.45, 2.75) is 43.8 Å². The number of nitrogens with one attached hydrogen (secondary N) is 1. The van der Waals surface area contributed by atoms with Crippen LogP contribution in [0.25, 0.3) is 0 Å². The zero-order valence-corrected chi connectivity index (χ0v) is 18.6. The maximum absolute atomic E-state index is 14.1. The van der Waals surface area contributed by atoms with Gasteiger partial charge in [0.25, 0.3) is 5.56 Å². The molecule has 186 valence electrons. The number of ether oxygens (including phenoxy) is 2. The van der Waals surface area contributed by atoms with Gasteiger partial charge in [0, 0.05) is 30.9 Å². The standard InChI is InChI=1S/C22H23F3N6O4/c23-22(24,25)17-1-3-29-19(33)7-18(30-9-14-6-13(30)11-35-14)28-21(29)31(17)10-15(32)12-5-16-20(27-8-12)26-2-4-34-16/h5,7-8,13-14,17H,1-4,6,9-11H2,(H,26,27)/t13-,14+,17+/m1/s1. The van der Waals surface area contributed by atoms with Crippen LogP contribution in [0.15, 0.2) is 23.1 Å². The number of hydrogen-bond acceptors (Lipinski definition) is 9. The van der Waals surface area contributed by atoms with Crippen LogP contribution in [-0.2, 0) is 11.3 Å². The van der Waals surface area contributed by atoms with E-state index in [1.54, 1.807) is 0 Å². The molecule has 0 radical (unpaired) electrons. The third-order valence-corrected chi connectivity index (χ3v) is 6.95. The van der Waals surface area contributed by atoms with Crippen LogP contribution in [0, 0.1) is 0 Å². The van der Waals surface area contributed by atoms with E-state index >= 15 is 0 Å². The lowest BCUT2D eigenvalue weighted by molar-refractivity contribution is -0.152. The summed E-state index contributed by atoms with van der Waals surface area (Å²) in [7, 11) is 0. The molecule has 1 N–H and O–H groups in total. The van der Waals surface area contributed by atoms with Gasteiger partial charge in [-0.3, -0.25) is 14.2 Å². The van der Waals surface area contributed by atoms with Crippen molar-refractivity contribution in [3.8, 4) is 5.75 Å². The summed E-state index contributed by atoms with van der Waals surface area (Å²) in [5.74, 6) is 0.433. The molecule has 2 aromatic heterocycles. The molecule has 35 heavy (non-hydrogen) atoms. The Hall–Kier alpha value is -3.35. The highest BCUT2D eigenvalue weighted by molar-refractivity contribution is 5.99. The number of fused-ring (bicyclic) bond motifs is 4. The molecule has 0 amide bonds. The Morgan fingerprint density at radius 2 is 2.14 bits per heavy atom. The van der Waals surface area contributed by atoms with E-state index in [4.69, 9.17) is 9.47 Å². The molecule has 4 aliphatic rings. The van der Waals surface area contributed by atoms with Crippen molar-refractivity contribution in [1.29, 1.82) is 0 Å². The van der Waals surface area contributed by atoms with Crippen LogP contribution in [-0.4, -0.2) is 77.5 Å². The summed E-state index contributed by atoms with van der Waals surface area (Å²) in [6, 6.07) is 0.912. The second-order valence-electron chi connectivity index (χ2n) is 9.14. The molecule has 0 saturated carbocycles. The summed E-state index contributed by atoms with van der Waals surface area (Å²) in [4.78, 5) is 37.5. The molecule has 10 nitrogen and oxygen atoms in total. The first-order valence-corrected chi connectivity index (χ1v) is 11.5. The fourth-order valence-corrected chi connectivity index (χ4v) is 5.22. The number of nitrogens with zero attached hydrogens (tertiary/aromatic N) is 5. The fourth-order valence-electron chi connectivity index (χ4n) is 5.22. The highest BCUT2D eigenvalue weighted by Gasteiger charge is 2.48. The van der Waals surface area contributed by atoms with Crippen molar-refractivity contribution >= 4 is 23.4 Å². The zero-order chi connectivity index (χ0) is 24.3. The number of morpholine rings is 1. The van der Waals surface area contributed by atoms with Crippen LogP contribution < -0.4 is 25.4 Å². The minimum absolute atomic E-state index is 0.0226. The van der Waals surface area contributed by atoms with E-state index in [1.165, 1.54) is 22.9 Å². The van der Waals surface area contributed by atoms with E-state index in [1.807, 2.05) is 4.90 Å². The third kappa shape index (κ3) is 3.87. The number of rotatable bonds is 4. The van der Waals surface area contributed by atoms with Crippen molar-refractivity contribution in [3.63, 3.8) is 0 Å². The Bertz CT molecular complexity index is 1230. The topological polar surface area (TPSA) is 102 Å². The van der Waals surface area contributed by atoms with Crippen LogP contribution >= 0.6 is 0 Å². The van der Waals surface area contributed by atoms with Gasteiger partial charge in [-0.05, 0) is 18.9 Å². The maximum Gasteiger partial charge on any atom is 0.408 e. The smallest absolute Gasteiger partial charge is 0.408 e. The lowest BCUT2D eigenvalue weighted by Crippen LogP contribution is -2.54. The van der Waals surface area contributed by atoms with Gasteiger partial charge in [-0.15, -0.1) is 0 Å². The van der Waals surface area contributed by atoms with Crippen LogP contribution in [0.5, 0.6) is 5.75 Å². The lowest BCUT2D eigenvalue weighted by Gasteiger charge is -2.39. The van der Waals surface area contributed by atoms with E-state index in [0.29, 0.717) is 43.7 Å². The normalized spacial score (nSPS) is 25.1. The SMILES string of the molecule is O=C(CN1c2nc(N3C[C@@H]4C[C@@H]3CO4)cc(=O)n2CC[C@H]1C(F)(F)F)c1cnc2c(c1)OCCN2. The lowest BCUT2D eigenvalue weighted by atomic mass is 10.1. The van der Waals surface area contributed by atoms with Crippen molar-refractivity contribution < 1.29 is 27.4 Å². The van der Waals surface area contributed by atoms with Gasteiger partial charge in [-0.25, -0.2) is 4.98 Å². The summed E-state index contributed by atoms with van der Waals surface area (Å²) < 4.78 is 54.5. The Labute approximate surface area is 197 Å². The first-order chi connectivity index (χ1) is 16.8. The minimum Gasteiger partial charge on any atom is -0.488 e. The van der Waals surface area contributed by atoms with Crippen molar-refractivity contribution in [2.24, 2.45) is 0 Å². The molecule has 6 heterocycles. The van der Waals surface area contributed by atoms with Crippen molar-refractivity contribution in [2.75, 3.05) is 48.0 Å². The maximum atomic E-state index is 14.1. The molecule has 2 bridgehead atoms. The molecule has 0 spiro atoms. The molecule has 6 rings (SSSR count). The van der Waals surface area contributed by atoms with Gasteiger partial charge in [0.15, 0.2) is 17.4 Å². The number of ketones is 1. The van der Waals surface area contributed by atoms with Gasteiger partial charge in [0.05, 0.1) is 31.8 Å². The van der Waals surface area contributed by atoms with Gasteiger partial charge >= 0.3 is 6.18 Å². The average molecular weight is 492 g/mol. The van der Waals surface area contributed by atoms with Crippen molar-refractivity contribution in [1.82, 2.24) is 14.5 Å². The van der Waals surface area contributed by atoms with Crippen LogP contribution in [0.1, 0.15) is 23.2 Å². The van der Waals surface area contributed by atoms with Crippen LogP contribution in [0.3, 0.4) is 0 Å². The minimum atomic E-state index is -4.61. The van der Waals surface area contributed by atoms with Gasteiger partial charge < -0.3 is 24.6 Å². The number of alkyl halides is 3. The van der Waals surface area contributed by atoms with Crippen molar-refractivity contribution in [3.05, 3.63) is 34.2 Å². The van der Waals surface area contributed by atoms with Crippen LogP contribution in [0.2, 0.25) is 0 Å². The number of carbonyl (C=O) groups excluding carboxylic acids is 1. The molecule has 2 aromatic rings. The Morgan fingerprint density at radius 3 is 2.89 bits per heavy atom. The van der Waals surface area contributed by atoms with E-state index in [9.17, 15) is 22.8 Å². The zero-order valence-electron chi connectivity index (χ0n) is 18.6. The molecule has 13 heteroatoms. The predicted molar refractivity (Wildman–Crippen MR) is 118 cm³/mol. The summed E-state index contributed by atoms with van der Waals surface area (Å²) in [6.45, 7) is 1.23. The van der Waals surface area contributed by atoms with E-state index in [2.05, 4.69) is 15.3 Å². The molecule has 3 atom stereocenters. The second kappa shape index (κ2) is 8.11. The molecule has 0 unspecified atom stereocenters. The monoisotopic (exact) mass is 492 g/mol. The molecule has 0 aliphatic carbocycles. The number of pyridine rings is 1. The first-order valence-electron chi connectivity index (χ1n) is 11.5. The number of aromatic nitrogens is 3. The molecule has 2 fully saturated rings. The second-order valence-corrected chi connectivity index (χ2v) is 9.14. The quantitative estimate of drug-likeness (QED) is 0.636. The number of anilines is 3. The highest BCUT2D eigenvalue weighted by atomic mass is 19.4. The first kappa shape index (κ1) is 22.1. The molecule has 2 saturated heterocycles. The highest BCUT2D eigenvalue weighted by Crippen LogP contribution is 2.36.